The van der Waals surface area contributed by atoms with Gasteiger partial charge in [-0.15, -0.1) is 16.2 Å². The van der Waals surface area contributed by atoms with Gasteiger partial charge >= 0.3 is 6.18 Å². The van der Waals surface area contributed by atoms with Crippen molar-refractivity contribution in [2.75, 3.05) is 0 Å². The molecule has 0 amide bonds. The van der Waals surface area contributed by atoms with Crippen LogP contribution in [-0.4, -0.2) is 9.55 Å². The van der Waals surface area contributed by atoms with E-state index in [0.29, 0.717) is 12.1 Å². The van der Waals surface area contributed by atoms with Crippen LogP contribution in [0.2, 0.25) is 0 Å². The molecule has 0 atom stereocenters. The zero-order chi connectivity index (χ0) is 23.8. The second kappa shape index (κ2) is 8.94. The molecule has 0 aliphatic heterocycles. The molecule has 2 aromatic heterocycles. The lowest BCUT2D eigenvalue weighted by Crippen LogP contribution is -2.03. The third kappa shape index (κ3) is 4.75. The molecule has 0 bridgehead atoms. The molecule has 0 N–H and O–H groups in total. The minimum absolute atomic E-state index is 0.277. The summed E-state index contributed by atoms with van der Waals surface area (Å²) in [5, 5.41) is 4.75. The summed E-state index contributed by atoms with van der Waals surface area (Å²) in [6.07, 6.45) is -0.794. The van der Waals surface area contributed by atoms with Gasteiger partial charge in [-0.25, -0.2) is 4.98 Å². The van der Waals surface area contributed by atoms with Crippen LogP contribution in [0.1, 0.15) is 27.3 Å². The zero-order valence-electron chi connectivity index (χ0n) is 18.2. The van der Waals surface area contributed by atoms with Crippen molar-refractivity contribution in [1.82, 2.24) is 9.55 Å². The lowest BCUT2D eigenvalue weighted by atomic mass is 10.00. The average molecular weight is 470 g/mol. The van der Waals surface area contributed by atoms with Crippen LogP contribution in [0, 0.1) is 18.8 Å². The van der Waals surface area contributed by atoms with Crippen molar-refractivity contribution in [3.8, 4) is 10.6 Å². The van der Waals surface area contributed by atoms with Crippen molar-refractivity contribution in [2.24, 2.45) is 5.18 Å². The first-order valence-corrected chi connectivity index (χ1v) is 11.2. The fourth-order valence-electron chi connectivity index (χ4n) is 3.93. The van der Waals surface area contributed by atoms with Crippen LogP contribution in [0.4, 0.5) is 13.2 Å². The van der Waals surface area contributed by atoms with Gasteiger partial charge in [0.05, 0.1) is 23.5 Å². The average Bonchev–Trinajstić information content (AvgIpc) is 3.36. The van der Waals surface area contributed by atoms with Gasteiger partial charge in [-0.3, -0.25) is 0 Å². The molecule has 4 aromatic rings. The van der Waals surface area contributed by atoms with E-state index in [1.807, 2.05) is 29.8 Å². The number of benzene rings is 2. The quantitative estimate of drug-likeness (QED) is 0.264. The molecule has 0 saturated carbocycles. The maximum Gasteiger partial charge on any atom is 0.416 e. The summed E-state index contributed by atoms with van der Waals surface area (Å²) >= 11 is 1.52. The van der Waals surface area contributed by atoms with Crippen molar-refractivity contribution < 1.29 is 13.2 Å². The molecule has 0 aliphatic rings. The fourth-order valence-corrected chi connectivity index (χ4v) is 5.00. The predicted molar refractivity (Wildman–Crippen MR) is 126 cm³/mol. The fraction of sp³-hybridized carbons (Fsp3) is 0.240. The number of alkyl halides is 3. The minimum Gasteiger partial charge on any atom is -0.341 e. The first-order valence-electron chi connectivity index (χ1n) is 10.4. The number of aromatic nitrogens is 2. The lowest BCUT2D eigenvalue weighted by molar-refractivity contribution is -0.137. The highest BCUT2D eigenvalue weighted by atomic mass is 32.1. The summed E-state index contributed by atoms with van der Waals surface area (Å²) in [4.78, 5) is 16.4. The van der Waals surface area contributed by atoms with Crippen LogP contribution in [0.5, 0.6) is 0 Å². The first kappa shape index (κ1) is 22.9. The molecule has 33 heavy (non-hydrogen) atoms. The highest BCUT2D eigenvalue weighted by Gasteiger charge is 2.30. The summed E-state index contributed by atoms with van der Waals surface area (Å²) in [6.45, 7) is 8.03. The monoisotopic (exact) mass is 469 g/mol. The minimum atomic E-state index is -4.35. The second-order valence-corrected chi connectivity index (χ2v) is 9.07. The highest BCUT2D eigenvalue weighted by Crippen LogP contribution is 2.33. The Morgan fingerprint density at radius 2 is 1.82 bits per heavy atom. The molecule has 4 nitrogen and oxygen atoms in total. The Hall–Kier alpha value is -3.26. The molecule has 2 aromatic carbocycles. The largest absolute Gasteiger partial charge is 0.416 e. The molecular formula is C25H22F3N3OS. The van der Waals surface area contributed by atoms with Crippen molar-refractivity contribution in [3.05, 3.63) is 93.1 Å². The Kier molecular flexibility index (Phi) is 6.21. The van der Waals surface area contributed by atoms with E-state index in [-0.39, 0.29) is 5.70 Å². The molecule has 170 valence electrons. The number of nitroso groups, excluding NO2 is 1. The molecule has 0 fully saturated rings. The summed E-state index contributed by atoms with van der Waals surface area (Å²) < 4.78 is 40.4. The summed E-state index contributed by atoms with van der Waals surface area (Å²) in [5.74, 6) is 0. The number of nitrogens with zero attached hydrogens (tertiary/aromatic N) is 3. The third-order valence-electron chi connectivity index (χ3n) is 5.79. The summed E-state index contributed by atoms with van der Waals surface area (Å²) in [6, 6.07) is 11.3. The normalized spacial score (nSPS) is 11.8. The van der Waals surface area contributed by atoms with E-state index in [2.05, 4.69) is 29.7 Å². The van der Waals surface area contributed by atoms with Gasteiger partial charge in [0.15, 0.2) is 0 Å². The van der Waals surface area contributed by atoms with Gasteiger partial charge in [0.1, 0.15) is 5.01 Å². The Labute approximate surface area is 193 Å². The Morgan fingerprint density at radius 3 is 2.48 bits per heavy atom. The molecular weight excluding hydrogens is 447 g/mol. The second-order valence-electron chi connectivity index (χ2n) is 7.99. The Balaban J connectivity index is 1.51. The van der Waals surface area contributed by atoms with E-state index in [9.17, 15) is 18.1 Å². The Bertz CT molecular complexity index is 1330. The number of fused-ring (bicyclic) bond motifs is 1. The standard InChI is InChI=1S/C25H22F3N3OS/c1-15(30-32)14-31-13-12-21-16(2)18(6-10-22(21)31)7-11-23-17(3)29-24(33-23)19-4-8-20(9-5-19)25(26,27)28/h4-6,8-10,12-13H,1,7,11,14H2,2-3H3. The third-order valence-corrected chi connectivity index (χ3v) is 7.06. The molecule has 0 unspecified atom stereocenters. The molecule has 0 radical (unpaired) electrons. The van der Waals surface area contributed by atoms with E-state index >= 15 is 0 Å². The predicted octanol–water partition coefficient (Wildman–Crippen LogP) is 7.47. The van der Waals surface area contributed by atoms with Gasteiger partial charge in [-0.2, -0.15) is 13.2 Å². The number of rotatable bonds is 7. The van der Waals surface area contributed by atoms with Crippen molar-refractivity contribution in [1.29, 1.82) is 0 Å². The highest BCUT2D eigenvalue weighted by molar-refractivity contribution is 7.15. The van der Waals surface area contributed by atoms with E-state index in [0.717, 1.165) is 51.5 Å². The van der Waals surface area contributed by atoms with E-state index in [4.69, 9.17) is 0 Å². The van der Waals surface area contributed by atoms with Crippen LogP contribution in [0.15, 0.2) is 66.1 Å². The topological polar surface area (TPSA) is 47.2 Å². The van der Waals surface area contributed by atoms with Gasteiger partial charge < -0.3 is 4.57 Å². The van der Waals surface area contributed by atoms with Crippen LogP contribution >= 0.6 is 11.3 Å². The number of aryl methyl sites for hydroxylation is 4. The van der Waals surface area contributed by atoms with Crippen LogP contribution < -0.4 is 0 Å². The first-order chi connectivity index (χ1) is 15.7. The number of halogens is 3. The summed E-state index contributed by atoms with van der Waals surface area (Å²) in [5.41, 5.74) is 4.63. The summed E-state index contributed by atoms with van der Waals surface area (Å²) in [7, 11) is 0. The molecule has 0 aliphatic carbocycles. The van der Waals surface area contributed by atoms with Crippen LogP contribution in [0.25, 0.3) is 21.5 Å². The van der Waals surface area contributed by atoms with Crippen molar-refractivity contribution in [2.45, 2.75) is 39.4 Å². The van der Waals surface area contributed by atoms with Crippen molar-refractivity contribution in [3.63, 3.8) is 0 Å². The number of hydrogen-bond donors (Lipinski definition) is 0. The smallest absolute Gasteiger partial charge is 0.341 e. The number of allylic oxidation sites excluding steroid dienone is 1. The van der Waals surface area contributed by atoms with Gasteiger partial charge in [-0.1, -0.05) is 24.8 Å². The van der Waals surface area contributed by atoms with E-state index in [1.165, 1.54) is 34.6 Å². The molecule has 2 heterocycles. The van der Waals surface area contributed by atoms with Crippen molar-refractivity contribution >= 4 is 22.2 Å². The van der Waals surface area contributed by atoms with Crippen LogP contribution in [0.3, 0.4) is 0 Å². The maximum absolute atomic E-state index is 12.8. The zero-order valence-corrected chi connectivity index (χ0v) is 19.1. The van der Waals surface area contributed by atoms with Gasteiger partial charge in [0, 0.05) is 27.5 Å². The molecule has 0 saturated heterocycles. The van der Waals surface area contributed by atoms with Crippen LogP contribution in [-0.2, 0) is 25.6 Å². The number of hydrogen-bond acceptors (Lipinski definition) is 4. The van der Waals surface area contributed by atoms with Gasteiger partial charge in [0.25, 0.3) is 0 Å². The Morgan fingerprint density at radius 1 is 1.09 bits per heavy atom. The van der Waals surface area contributed by atoms with Gasteiger partial charge in [-0.05, 0) is 67.3 Å². The molecule has 4 rings (SSSR count). The molecule has 0 spiro atoms. The molecule has 8 heteroatoms. The van der Waals surface area contributed by atoms with E-state index in [1.54, 1.807) is 0 Å². The lowest BCUT2D eigenvalue weighted by Gasteiger charge is -2.09. The van der Waals surface area contributed by atoms with E-state index < -0.39 is 11.7 Å². The maximum atomic E-state index is 12.8. The SMILES string of the molecule is C=C(Cn1ccc2c(C)c(CCc3sc(-c4ccc(C(F)(F)F)cc4)nc3C)ccc21)N=O. The van der Waals surface area contributed by atoms with Gasteiger partial charge in [0.2, 0.25) is 0 Å². The number of thiazole rings is 1.